The van der Waals surface area contributed by atoms with Gasteiger partial charge < -0.3 is 15.2 Å². The lowest BCUT2D eigenvalue weighted by Gasteiger charge is -2.68. The van der Waals surface area contributed by atoms with Crippen molar-refractivity contribution in [2.75, 3.05) is 7.11 Å². The van der Waals surface area contributed by atoms with Gasteiger partial charge in [-0.15, -0.1) is 0 Å². The molecule has 4 fully saturated rings. The van der Waals surface area contributed by atoms with Gasteiger partial charge >= 0.3 is 5.97 Å². The van der Waals surface area contributed by atoms with Gasteiger partial charge in [-0.1, -0.05) is 48.5 Å². The van der Waals surface area contributed by atoms with Crippen molar-refractivity contribution in [2.24, 2.45) is 50.2 Å². The SMILES string of the molecule is COC(=O)C12CCC(C)(C)C[C@H]1[C@H]1NC(=O)C[C@@H]3[C@@]4(C)CC(C#N)=C(O)C(C)(C)[C@@H]4CC[C@@]3(C)[C@]1(C)CC2. The molecule has 1 heterocycles. The van der Waals surface area contributed by atoms with Crippen LogP contribution in [-0.2, 0) is 14.3 Å². The van der Waals surface area contributed by atoms with Crippen molar-refractivity contribution >= 4 is 11.9 Å². The largest absolute Gasteiger partial charge is 0.511 e. The number of carbonyl (C=O) groups excluding carboxylic acids is 2. The number of rotatable bonds is 1. The summed E-state index contributed by atoms with van der Waals surface area (Å²) >= 11 is 0. The van der Waals surface area contributed by atoms with E-state index in [9.17, 15) is 20.0 Å². The quantitative estimate of drug-likeness (QED) is 0.383. The number of hydrogen-bond acceptors (Lipinski definition) is 5. The van der Waals surface area contributed by atoms with E-state index in [-0.39, 0.29) is 63.1 Å². The van der Waals surface area contributed by atoms with Crippen molar-refractivity contribution in [1.29, 1.82) is 5.26 Å². The zero-order valence-electron chi connectivity index (χ0n) is 24.8. The summed E-state index contributed by atoms with van der Waals surface area (Å²) in [6, 6.07) is 2.21. The molecular formula is C32H48N2O4. The van der Waals surface area contributed by atoms with Crippen molar-refractivity contribution < 1.29 is 19.4 Å². The Morgan fingerprint density at radius 3 is 2.29 bits per heavy atom. The van der Waals surface area contributed by atoms with Crippen LogP contribution in [0, 0.1) is 61.6 Å². The Bertz CT molecular complexity index is 1130. The highest BCUT2D eigenvalue weighted by molar-refractivity contribution is 5.80. The fourth-order valence-corrected chi connectivity index (χ4v) is 10.9. The molecule has 8 atom stereocenters. The van der Waals surface area contributed by atoms with Crippen LogP contribution in [0.4, 0.5) is 0 Å². The Morgan fingerprint density at radius 1 is 1.00 bits per heavy atom. The third-order valence-electron chi connectivity index (χ3n) is 13.3. The van der Waals surface area contributed by atoms with Crippen molar-refractivity contribution in [1.82, 2.24) is 5.32 Å². The maximum absolute atomic E-state index is 13.9. The van der Waals surface area contributed by atoms with Gasteiger partial charge in [0.2, 0.25) is 5.91 Å². The Balaban J connectivity index is 1.65. The number of hydrogen-bond donors (Lipinski definition) is 2. The van der Waals surface area contributed by atoms with Gasteiger partial charge in [0.1, 0.15) is 5.76 Å². The van der Waals surface area contributed by atoms with E-state index in [2.05, 4.69) is 59.9 Å². The molecule has 1 aliphatic heterocycles. The number of nitrogens with one attached hydrogen (secondary N) is 1. The summed E-state index contributed by atoms with van der Waals surface area (Å²) in [5.41, 5.74) is -1.13. The van der Waals surface area contributed by atoms with Gasteiger partial charge in [0.25, 0.3) is 0 Å². The van der Waals surface area contributed by atoms with E-state index < -0.39 is 10.8 Å². The van der Waals surface area contributed by atoms with Gasteiger partial charge in [0.05, 0.1) is 24.2 Å². The maximum Gasteiger partial charge on any atom is 0.312 e. The summed E-state index contributed by atoms with van der Waals surface area (Å²) < 4.78 is 5.45. The molecule has 1 amide bonds. The van der Waals surface area contributed by atoms with Crippen LogP contribution in [0.2, 0.25) is 0 Å². The van der Waals surface area contributed by atoms with Crippen LogP contribution in [0.25, 0.3) is 0 Å². The highest BCUT2D eigenvalue weighted by atomic mass is 16.5. The molecule has 4 aliphatic carbocycles. The summed E-state index contributed by atoms with van der Waals surface area (Å²) in [6.07, 6.45) is 7.21. The molecule has 0 aromatic carbocycles. The number of esters is 1. The molecule has 3 saturated carbocycles. The first-order valence-corrected chi connectivity index (χ1v) is 14.7. The van der Waals surface area contributed by atoms with E-state index in [4.69, 9.17) is 4.74 Å². The molecule has 38 heavy (non-hydrogen) atoms. The third kappa shape index (κ3) is 3.35. The molecule has 1 saturated heterocycles. The van der Waals surface area contributed by atoms with Crippen LogP contribution in [0.15, 0.2) is 11.3 Å². The first-order valence-electron chi connectivity index (χ1n) is 14.7. The molecule has 2 N–H and O–H groups in total. The van der Waals surface area contributed by atoms with Crippen molar-refractivity contribution in [3.63, 3.8) is 0 Å². The van der Waals surface area contributed by atoms with Gasteiger partial charge in [-0.3, -0.25) is 9.59 Å². The van der Waals surface area contributed by atoms with E-state index in [0.29, 0.717) is 18.4 Å². The van der Waals surface area contributed by atoms with Crippen molar-refractivity contribution in [2.45, 2.75) is 112 Å². The highest BCUT2D eigenvalue weighted by Crippen LogP contribution is 2.73. The van der Waals surface area contributed by atoms with Crippen LogP contribution in [-0.4, -0.2) is 30.1 Å². The number of aliphatic hydroxyl groups excluding tert-OH is 1. The molecule has 6 heteroatoms. The molecular weight excluding hydrogens is 476 g/mol. The molecule has 0 aromatic heterocycles. The molecule has 0 bridgehead atoms. The summed E-state index contributed by atoms with van der Waals surface area (Å²) in [7, 11) is 1.51. The average molecular weight is 525 g/mol. The number of nitriles is 1. The Labute approximate surface area is 229 Å². The lowest BCUT2D eigenvalue weighted by atomic mass is 9.36. The van der Waals surface area contributed by atoms with E-state index in [1.807, 2.05) is 0 Å². The minimum absolute atomic E-state index is 0.0314. The van der Waals surface area contributed by atoms with Crippen LogP contribution in [0.1, 0.15) is 106 Å². The topological polar surface area (TPSA) is 99.4 Å². The van der Waals surface area contributed by atoms with Crippen LogP contribution in [0.3, 0.4) is 0 Å². The fraction of sp³-hybridized carbons (Fsp3) is 0.844. The molecule has 5 aliphatic rings. The van der Waals surface area contributed by atoms with E-state index in [1.54, 1.807) is 0 Å². The zero-order valence-corrected chi connectivity index (χ0v) is 24.8. The number of ether oxygens (including phenoxy) is 1. The van der Waals surface area contributed by atoms with Crippen LogP contribution in [0.5, 0.6) is 0 Å². The van der Waals surface area contributed by atoms with Gasteiger partial charge in [-0.2, -0.15) is 5.26 Å². The van der Waals surface area contributed by atoms with Gasteiger partial charge in [0.15, 0.2) is 0 Å². The van der Waals surface area contributed by atoms with Crippen molar-refractivity contribution in [3.05, 3.63) is 11.3 Å². The molecule has 210 valence electrons. The lowest BCUT2D eigenvalue weighted by molar-refractivity contribution is -0.199. The lowest BCUT2D eigenvalue weighted by Crippen LogP contribution is -2.68. The first kappa shape index (κ1) is 27.5. The molecule has 6 nitrogen and oxygen atoms in total. The Kier molecular flexibility index (Phi) is 5.97. The maximum atomic E-state index is 13.9. The fourth-order valence-electron chi connectivity index (χ4n) is 10.9. The van der Waals surface area contributed by atoms with Crippen LogP contribution < -0.4 is 5.32 Å². The number of amides is 1. The minimum Gasteiger partial charge on any atom is -0.511 e. The highest BCUT2D eigenvalue weighted by Gasteiger charge is 2.71. The van der Waals surface area contributed by atoms with Gasteiger partial charge in [0, 0.05) is 17.9 Å². The number of methoxy groups -OCH3 is 1. The van der Waals surface area contributed by atoms with Crippen molar-refractivity contribution in [3.8, 4) is 6.07 Å². The molecule has 1 unspecified atom stereocenters. The standard InChI is InChI=1S/C32H48N2O4/c1-27(2)11-13-32(26(37)38-8)14-12-31(7)24(20(32)17-27)34-23(35)15-22-29(5)16-19(18-33)25(36)28(3,4)21(29)9-10-30(22,31)6/h20-22,24,36H,9-17H2,1-8H3,(H,34,35)/t20-,21-,22+,24+,29-,30+,31+,32?/m0/s1. The average Bonchev–Trinajstić information content (AvgIpc) is 2.93. The smallest absolute Gasteiger partial charge is 0.312 e. The predicted molar refractivity (Wildman–Crippen MR) is 146 cm³/mol. The second-order valence-corrected chi connectivity index (χ2v) is 15.7. The second kappa shape index (κ2) is 8.24. The van der Waals surface area contributed by atoms with Gasteiger partial charge in [-0.05, 0) is 90.8 Å². The summed E-state index contributed by atoms with van der Waals surface area (Å²) in [5, 5.41) is 24.6. The van der Waals surface area contributed by atoms with Crippen LogP contribution >= 0.6 is 0 Å². The van der Waals surface area contributed by atoms with E-state index in [1.165, 1.54) is 7.11 Å². The molecule has 0 aromatic rings. The summed E-state index contributed by atoms with van der Waals surface area (Å²) in [6.45, 7) is 15.8. The Hall–Kier alpha value is -2.03. The normalized spacial score (nSPS) is 47.2. The molecule has 5 rings (SSSR count). The monoisotopic (exact) mass is 524 g/mol. The number of fused-ring (bicyclic) bond motifs is 7. The summed E-state index contributed by atoms with van der Waals surface area (Å²) in [5.74, 6) is 0.480. The molecule has 0 spiro atoms. The van der Waals surface area contributed by atoms with E-state index >= 15 is 0 Å². The summed E-state index contributed by atoms with van der Waals surface area (Å²) in [4.78, 5) is 27.4. The number of allylic oxidation sites excluding steroid dienone is 2. The first-order chi connectivity index (χ1) is 17.5. The van der Waals surface area contributed by atoms with Gasteiger partial charge in [-0.25, -0.2) is 0 Å². The second-order valence-electron chi connectivity index (χ2n) is 15.7. The van der Waals surface area contributed by atoms with E-state index in [0.717, 1.165) is 44.9 Å². The Morgan fingerprint density at radius 2 is 1.66 bits per heavy atom. The number of aliphatic hydroxyl groups is 1. The molecule has 0 radical (unpaired) electrons. The third-order valence-corrected chi connectivity index (χ3v) is 13.3. The number of nitrogens with zero attached hydrogens (tertiary/aromatic N) is 1. The minimum atomic E-state index is -0.547. The predicted octanol–water partition coefficient (Wildman–Crippen LogP) is 6.47. The number of carbonyl (C=O) groups is 2. The zero-order chi connectivity index (χ0) is 28.1.